The van der Waals surface area contributed by atoms with Crippen molar-refractivity contribution < 1.29 is 4.39 Å². The first-order valence-corrected chi connectivity index (χ1v) is 4.72. The van der Waals surface area contributed by atoms with Crippen molar-refractivity contribution in [3.05, 3.63) is 29.1 Å². The van der Waals surface area contributed by atoms with Gasteiger partial charge < -0.3 is 5.32 Å². The molecule has 0 fully saturated rings. The second-order valence-electron chi connectivity index (χ2n) is 3.86. The molecule has 1 unspecified atom stereocenters. The first kappa shape index (κ1) is 8.54. The average Bonchev–Trinajstić information content (AvgIpc) is 2.06. The van der Waals surface area contributed by atoms with Gasteiger partial charge in [-0.25, -0.2) is 4.39 Å². The van der Waals surface area contributed by atoms with Gasteiger partial charge >= 0.3 is 0 Å². The lowest BCUT2D eigenvalue weighted by molar-refractivity contribution is 0.604. The molecule has 1 atom stereocenters. The largest absolute Gasteiger partial charge is 0.380 e. The summed E-state index contributed by atoms with van der Waals surface area (Å²) >= 11 is 0. The molecule has 0 aromatic heterocycles. The van der Waals surface area contributed by atoms with E-state index < -0.39 is 0 Å². The molecule has 1 N–H and O–H groups in total. The van der Waals surface area contributed by atoms with Crippen LogP contribution in [0.15, 0.2) is 12.1 Å². The molecular formula is C11H14FN. The summed E-state index contributed by atoms with van der Waals surface area (Å²) in [7, 11) is 0. The number of hydrogen-bond donors (Lipinski definition) is 1. The van der Waals surface area contributed by atoms with E-state index in [9.17, 15) is 4.39 Å². The lowest BCUT2D eigenvalue weighted by Crippen LogP contribution is -2.23. The highest BCUT2D eigenvalue weighted by Gasteiger charge is 2.17. The fourth-order valence-corrected chi connectivity index (χ4v) is 1.86. The third-order valence-electron chi connectivity index (χ3n) is 2.55. The summed E-state index contributed by atoms with van der Waals surface area (Å²) in [6, 6.07) is 4.05. The van der Waals surface area contributed by atoms with E-state index in [1.165, 1.54) is 0 Å². The Morgan fingerprint density at radius 3 is 3.00 bits per heavy atom. The van der Waals surface area contributed by atoms with Gasteiger partial charge in [0.25, 0.3) is 0 Å². The Morgan fingerprint density at radius 1 is 1.46 bits per heavy atom. The van der Waals surface area contributed by atoms with E-state index in [1.807, 2.05) is 6.92 Å². The van der Waals surface area contributed by atoms with Gasteiger partial charge in [-0.1, -0.05) is 6.07 Å². The van der Waals surface area contributed by atoms with Crippen molar-refractivity contribution in [1.82, 2.24) is 0 Å². The number of nitrogens with one attached hydrogen (secondary N) is 1. The third-order valence-corrected chi connectivity index (χ3v) is 2.55. The maximum absolute atomic E-state index is 13.4. The SMILES string of the molecule is Cc1cc(F)c2c(c1)CCC(C)N2. The highest BCUT2D eigenvalue weighted by Crippen LogP contribution is 2.28. The Balaban J connectivity index is 2.47. The molecule has 1 aliphatic heterocycles. The smallest absolute Gasteiger partial charge is 0.146 e. The Bertz CT molecular complexity index is 333. The van der Waals surface area contributed by atoms with E-state index in [1.54, 1.807) is 6.07 Å². The lowest BCUT2D eigenvalue weighted by atomic mass is 9.97. The highest BCUT2D eigenvalue weighted by atomic mass is 19.1. The Hall–Kier alpha value is -1.05. The first-order chi connectivity index (χ1) is 6.16. The summed E-state index contributed by atoms with van der Waals surface area (Å²) < 4.78 is 13.4. The minimum Gasteiger partial charge on any atom is -0.380 e. The molecule has 1 aliphatic rings. The first-order valence-electron chi connectivity index (χ1n) is 4.72. The van der Waals surface area contributed by atoms with Crippen LogP contribution in [0, 0.1) is 12.7 Å². The van der Waals surface area contributed by atoms with Crippen LogP contribution in [0.5, 0.6) is 0 Å². The van der Waals surface area contributed by atoms with E-state index in [4.69, 9.17) is 0 Å². The van der Waals surface area contributed by atoms with Crippen molar-refractivity contribution in [2.24, 2.45) is 0 Å². The molecule has 1 aromatic rings. The molecule has 1 heterocycles. The van der Waals surface area contributed by atoms with E-state index in [-0.39, 0.29) is 5.82 Å². The van der Waals surface area contributed by atoms with Gasteiger partial charge in [0.1, 0.15) is 5.82 Å². The summed E-state index contributed by atoms with van der Waals surface area (Å²) in [5.41, 5.74) is 2.84. The number of fused-ring (bicyclic) bond motifs is 1. The minimum atomic E-state index is -0.110. The molecule has 0 spiro atoms. The van der Waals surface area contributed by atoms with Crippen LogP contribution in [0.3, 0.4) is 0 Å². The van der Waals surface area contributed by atoms with Crippen LogP contribution in [0.25, 0.3) is 0 Å². The summed E-state index contributed by atoms with van der Waals surface area (Å²) in [5.74, 6) is -0.110. The normalized spacial score (nSPS) is 20.7. The van der Waals surface area contributed by atoms with E-state index in [0.29, 0.717) is 11.7 Å². The molecule has 13 heavy (non-hydrogen) atoms. The van der Waals surface area contributed by atoms with E-state index in [2.05, 4.69) is 18.3 Å². The maximum atomic E-state index is 13.4. The number of aryl methyl sites for hydroxylation is 2. The van der Waals surface area contributed by atoms with Gasteiger partial charge in [0.2, 0.25) is 0 Å². The Morgan fingerprint density at radius 2 is 2.23 bits per heavy atom. The number of benzene rings is 1. The second kappa shape index (κ2) is 3.02. The van der Waals surface area contributed by atoms with Crippen LogP contribution in [-0.2, 0) is 6.42 Å². The topological polar surface area (TPSA) is 12.0 Å². The van der Waals surface area contributed by atoms with Crippen molar-refractivity contribution >= 4 is 5.69 Å². The Kier molecular flexibility index (Phi) is 1.98. The zero-order chi connectivity index (χ0) is 9.42. The van der Waals surface area contributed by atoms with Crippen molar-refractivity contribution in [1.29, 1.82) is 0 Å². The van der Waals surface area contributed by atoms with Gasteiger partial charge in [0, 0.05) is 6.04 Å². The van der Waals surface area contributed by atoms with Gasteiger partial charge in [-0.3, -0.25) is 0 Å². The quantitative estimate of drug-likeness (QED) is 0.645. The molecule has 70 valence electrons. The number of hydrogen-bond acceptors (Lipinski definition) is 1. The zero-order valence-electron chi connectivity index (χ0n) is 8.02. The summed E-state index contributed by atoms with van der Waals surface area (Å²) in [6.45, 7) is 4.02. The zero-order valence-corrected chi connectivity index (χ0v) is 8.02. The molecule has 0 amide bonds. The molecular weight excluding hydrogens is 165 g/mol. The summed E-state index contributed by atoms with van der Waals surface area (Å²) in [6.07, 6.45) is 2.08. The predicted molar refractivity (Wildman–Crippen MR) is 52.5 cm³/mol. The molecule has 0 saturated heterocycles. The fraction of sp³-hybridized carbons (Fsp3) is 0.455. The van der Waals surface area contributed by atoms with Gasteiger partial charge in [0.05, 0.1) is 5.69 Å². The van der Waals surface area contributed by atoms with Gasteiger partial charge in [0.15, 0.2) is 0 Å². The highest BCUT2D eigenvalue weighted by molar-refractivity contribution is 5.56. The monoisotopic (exact) mass is 179 g/mol. The van der Waals surface area contributed by atoms with Crippen molar-refractivity contribution in [2.75, 3.05) is 5.32 Å². The van der Waals surface area contributed by atoms with Crippen molar-refractivity contribution in [3.63, 3.8) is 0 Å². The molecule has 0 aliphatic carbocycles. The molecule has 1 aromatic carbocycles. The van der Waals surface area contributed by atoms with Crippen LogP contribution in [0.4, 0.5) is 10.1 Å². The number of halogens is 1. The molecule has 0 saturated carbocycles. The molecule has 0 radical (unpaired) electrons. The Labute approximate surface area is 78.0 Å². The molecule has 2 rings (SSSR count). The fourth-order valence-electron chi connectivity index (χ4n) is 1.86. The van der Waals surface area contributed by atoms with Crippen LogP contribution >= 0.6 is 0 Å². The summed E-state index contributed by atoms with van der Waals surface area (Å²) in [5, 5.41) is 3.18. The number of anilines is 1. The predicted octanol–water partition coefficient (Wildman–Crippen LogP) is 2.88. The minimum absolute atomic E-state index is 0.110. The third kappa shape index (κ3) is 1.53. The van der Waals surface area contributed by atoms with E-state index in [0.717, 1.165) is 24.0 Å². The van der Waals surface area contributed by atoms with Gasteiger partial charge in [-0.05, 0) is 43.9 Å². The van der Waals surface area contributed by atoms with Crippen LogP contribution in [-0.4, -0.2) is 6.04 Å². The van der Waals surface area contributed by atoms with Crippen LogP contribution in [0.2, 0.25) is 0 Å². The molecule has 0 bridgehead atoms. The number of rotatable bonds is 0. The van der Waals surface area contributed by atoms with Crippen LogP contribution in [0.1, 0.15) is 24.5 Å². The summed E-state index contributed by atoms with van der Waals surface area (Å²) in [4.78, 5) is 0. The second-order valence-corrected chi connectivity index (χ2v) is 3.86. The van der Waals surface area contributed by atoms with E-state index >= 15 is 0 Å². The van der Waals surface area contributed by atoms with Gasteiger partial charge in [-0.15, -0.1) is 0 Å². The molecule has 1 nitrogen and oxygen atoms in total. The lowest BCUT2D eigenvalue weighted by Gasteiger charge is -2.24. The molecule has 2 heteroatoms. The van der Waals surface area contributed by atoms with Crippen molar-refractivity contribution in [2.45, 2.75) is 32.7 Å². The average molecular weight is 179 g/mol. The maximum Gasteiger partial charge on any atom is 0.146 e. The van der Waals surface area contributed by atoms with Crippen molar-refractivity contribution in [3.8, 4) is 0 Å². The van der Waals surface area contributed by atoms with Crippen LogP contribution < -0.4 is 5.32 Å². The standard InChI is InChI=1S/C11H14FN/c1-7-5-9-4-3-8(2)13-11(9)10(12)6-7/h5-6,8,13H,3-4H2,1-2H3. The van der Waals surface area contributed by atoms with Gasteiger partial charge in [-0.2, -0.15) is 0 Å².